The largest absolute Gasteiger partial charge is 0.494 e. The predicted molar refractivity (Wildman–Crippen MR) is 179 cm³/mol. The third-order valence-electron chi connectivity index (χ3n) is 9.48. The molecule has 10 heteroatoms. The number of aliphatic hydroxyl groups is 1. The zero-order valence-electron chi connectivity index (χ0n) is 27.4. The normalized spacial score (nSPS) is 28.1. The van der Waals surface area contributed by atoms with E-state index in [1.54, 1.807) is 26.9 Å². The Labute approximate surface area is 276 Å². The number of amides is 3. The van der Waals surface area contributed by atoms with E-state index in [1.807, 2.05) is 52.0 Å². The van der Waals surface area contributed by atoms with Gasteiger partial charge in [0.05, 0.1) is 37.2 Å². The highest BCUT2D eigenvalue weighted by atomic mass is 79.9. The monoisotopic (exact) mass is 687 g/mol. The zero-order valence-corrected chi connectivity index (χ0v) is 28.9. The third-order valence-corrected chi connectivity index (χ3v) is 10.3. The van der Waals surface area contributed by atoms with Gasteiger partial charge in [0.25, 0.3) is 0 Å². The highest BCUT2D eigenvalue weighted by Gasteiger charge is 2.77. The van der Waals surface area contributed by atoms with E-state index in [9.17, 15) is 19.5 Å². The molecular formula is C35H50BrN3O6. The Kier molecular flexibility index (Phi) is 11.6. The van der Waals surface area contributed by atoms with Crippen molar-refractivity contribution in [2.75, 3.05) is 31.2 Å². The molecule has 248 valence electrons. The highest BCUT2D eigenvalue weighted by molar-refractivity contribution is 9.09. The van der Waals surface area contributed by atoms with Crippen molar-refractivity contribution < 1.29 is 29.0 Å². The number of hydrogen-bond donors (Lipinski definition) is 1. The number of carbonyl (C=O) groups is 3. The summed E-state index contributed by atoms with van der Waals surface area (Å²) < 4.78 is 12.4. The summed E-state index contributed by atoms with van der Waals surface area (Å²) in [5, 5.41) is 10.6. The standard InChI is InChI=1S/C35H50BrN3O6/c1-8-12-23(7)37(17-9-2)34(43)31-35-20-27(36)30(45-35)28(29(35)33(42)39(31)25(21-40)19-22(5)6)32(41)38(18-10-3)24-13-15-26(16-14-24)44-11-4/h9-10,13-16,22-23,25,27-31,40H,2-3,8,11-12,17-21H2,1,4-7H3/t23?,25-,27?,28-,29+,30-,31?,35?/m1/s1. The summed E-state index contributed by atoms with van der Waals surface area (Å²) in [5.41, 5.74) is -0.568. The van der Waals surface area contributed by atoms with E-state index in [4.69, 9.17) is 9.47 Å². The first-order valence-electron chi connectivity index (χ1n) is 16.3. The summed E-state index contributed by atoms with van der Waals surface area (Å²) in [6, 6.07) is 5.60. The molecule has 0 aromatic heterocycles. The molecular weight excluding hydrogens is 638 g/mol. The second kappa shape index (κ2) is 14.8. The van der Waals surface area contributed by atoms with Crippen molar-refractivity contribution in [1.82, 2.24) is 9.80 Å². The quantitative estimate of drug-likeness (QED) is 0.195. The van der Waals surface area contributed by atoms with E-state index in [-0.39, 0.29) is 47.7 Å². The number of rotatable bonds is 16. The van der Waals surface area contributed by atoms with Crippen LogP contribution in [0.25, 0.3) is 0 Å². The van der Waals surface area contributed by atoms with Crippen LogP contribution in [-0.2, 0) is 19.1 Å². The van der Waals surface area contributed by atoms with E-state index >= 15 is 0 Å². The molecule has 1 spiro atoms. The molecule has 3 heterocycles. The number of aliphatic hydroxyl groups excluding tert-OH is 1. The second-order valence-electron chi connectivity index (χ2n) is 13.0. The van der Waals surface area contributed by atoms with Gasteiger partial charge >= 0.3 is 0 Å². The second-order valence-corrected chi connectivity index (χ2v) is 14.1. The number of fused-ring (bicyclic) bond motifs is 1. The first-order valence-corrected chi connectivity index (χ1v) is 17.2. The lowest BCUT2D eigenvalue weighted by Crippen LogP contribution is -2.60. The maximum absolute atomic E-state index is 14.8. The molecule has 2 bridgehead atoms. The van der Waals surface area contributed by atoms with Gasteiger partial charge in [0, 0.05) is 29.6 Å². The Hall–Kier alpha value is -2.69. The lowest BCUT2D eigenvalue weighted by atomic mass is 9.70. The average molecular weight is 689 g/mol. The fourth-order valence-electron chi connectivity index (χ4n) is 7.72. The van der Waals surface area contributed by atoms with Gasteiger partial charge in [0.15, 0.2) is 0 Å². The molecule has 1 aromatic rings. The van der Waals surface area contributed by atoms with Crippen LogP contribution in [0.2, 0.25) is 0 Å². The number of carbonyl (C=O) groups excluding carboxylic acids is 3. The van der Waals surface area contributed by atoms with Gasteiger partial charge in [-0.3, -0.25) is 14.4 Å². The van der Waals surface area contributed by atoms with Crippen molar-refractivity contribution in [3.63, 3.8) is 0 Å². The van der Waals surface area contributed by atoms with Crippen molar-refractivity contribution >= 4 is 39.3 Å². The van der Waals surface area contributed by atoms with Gasteiger partial charge in [0.1, 0.15) is 17.4 Å². The first-order chi connectivity index (χ1) is 21.5. The molecule has 3 saturated heterocycles. The van der Waals surface area contributed by atoms with Gasteiger partial charge in [-0.05, 0) is 63.3 Å². The van der Waals surface area contributed by atoms with Crippen LogP contribution in [0.1, 0.15) is 60.3 Å². The smallest absolute Gasteiger partial charge is 0.248 e. The van der Waals surface area contributed by atoms with Crippen LogP contribution in [0, 0.1) is 17.8 Å². The molecule has 1 N–H and O–H groups in total. The van der Waals surface area contributed by atoms with Crippen LogP contribution in [0.3, 0.4) is 0 Å². The van der Waals surface area contributed by atoms with Gasteiger partial charge in [0.2, 0.25) is 17.7 Å². The summed E-state index contributed by atoms with van der Waals surface area (Å²) >= 11 is 3.79. The minimum absolute atomic E-state index is 0.0934. The maximum atomic E-state index is 14.8. The van der Waals surface area contributed by atoms with Gasteiger partial charge in [-0.15, -0.1) is 13.2 Å². The molecule has 1 aromatic carbocycles. The Morgan fingerprint density at radius 3 is 2.38 bits per heavy atom. The Morgan fingerprint density at radius 1 is 1.16 bits per heavy atom. The molecule has 4 rings (SSSR count). The molecule has 8 atom stereocenters. The van der Waals surface area contributed by atoms with E-state index in [1.165, 1.54) is 0 Å². The maximum Gasteiger partial charge on any atom is 0.248 e. The van der Waals surface area contributed by atoms with E-state index in [2.05, 4.69) is 36.0 Å². The SMILES string of the molecule is C=CCN(C(=O)[C@H]1[C@@H]2OC3(CC2Br)C(C(=O)N(CC=C)C(C)CCC)N([C@@H](CO)CC(C)C)C(=O)[C@H]13)c1ccc(OCC)cc1. The van der Waals surface area contributed by atoms with Gasteiger partial charge in [-0.2, -0.15) is 0 Å². The summed E-state index contributed by atoms with van der Waals surface area (Å²) in [5.74, 6) is -1.64. The molecule has 0 saturated carbocycles. The minimum Gasteiger partial charge on any atom is -0.494 e. The summed E-state index contributed by atoms with van der Waals surface area (Å²) in [4.78, 5) is 48.8. The number of hydrogen-bond acceptors (Lipinski definition) is 6. The zero-order chi connectivity index (χ0) is 33.1. The average Bonchev–Trinajstić information content (AvgIpc) is 3.60. The first kappa shape index (κ1) is 35.2. The number of likely N-dealkylation sites (tertiary alicyclic amines) is 1. The number of benzene rings is 1. The van der Waals surface area contributed by atoms with Crippen molar-refractivity contribution in [2.45, 2.75) is 95.0 Å². The van der Waals surface area contributed by atoms with Crippen LogP contribution >= 0.6 is 15.9 Å². The Morgan fingerprint density at radius 2 is 1.82 bits per heavy atom. The molecule has 9 nitrogen and oxygen atoms in total. The number of alkyl halides is 1. The number of anilines is 1. The van der Waals surface area contributed by atoms with Crippen LogP contribution in [0.15, 0.2) is 49.6 Å². The van der Waals surface area contributed by atoms with E-state index in [0.29, 0.717) is 37.4 Å². The van der Waals surface area contributed by atoms with Crippen molar-refractivity contribution in [3.05, 3.63) is 49.6 Å². The summed E-state index contributed by atoms with van der Waals surface area (Å²) in [6.07, 6.45) is 5.35. The number of nitrogens with zero attached hydrogens (tertiary/aromatic N) is 3. The number of ether oxygens (including phenoxy) is 2. The van der Waals surface area contributed by atoms with Gasteiger partial charge < -0.3 is 29.3 Å². The lowest BCUT2D eigenvalue weighted by Gasteiger charge is -2.41. The third kappa shape index (κ3) is 6.47. The Balaban J connectivity index is 1.82. The lowest BCUT2D eigenvalue weighted by molar-refractivity contribution is -0.152. The van der Waals surface area contributed by atoms with Crippen LogP contribution in [0.5, 0.6) is 5.75 Å². The van der Waals surface area contributed by atoms with Crippen LogP contribution < -0.4 is 9.64 Å². The Bertz CT molecular complexity index is 1240. The fraction of sp³-hybridized carbons (Fsp3) is 0.629. The molecule has 3 amide bonds. The molecule has 3 fully saturated rings. The van der Waals surface area contributed by atoms with E-state index < -0.39 is 35.6 Å². The minimum atomic E-state index is -1.22. The molecule has 4 unspecified atom stereocenters. The number of halogens is 1. The van der Waals surface area contributed by atoms with Crippen molar-refractivity contribution in [1.29, 1.82) is 0 Å². The van der Waals surface area contributed by atoms with Gasteiger partial charge in [-0.1, -0.05) is 55.3 Å². The van der Waals surface area contributed by atoms with Crippen LogP contribution in [-0.4, -0.2) is 93.6 Å². The van der Waals surface area contributed by atoms with Crippen LogP contribution in [0.4, 0.5) is 5.69 Å². The molecule has 3 aliphatic heterocycles. The fourth-order valence-corrected chi connectivity index (χ4v) is 8.66. The van der Waals surface area contributed by atoms with Crippen molar-refractivity contribution in [2.24, 2.45) is 17.8 Å². The predicted octanol–water partition coefficient (Wildman–Crippen LogP) is 4.96. The summed E-state index contributed by atoms with van der Waals surface area (Å²) in [6.45, 7) is 18.6. The van der Waals surface area contributed by atoms with Crippen molar-refractivity contribution in [3.8, 4) is 5.75 Å². The summed E-state index contributed by atoms with van der Waals surface area (Å²) in [7, 11) is 0. The highest BCUT2D eigenvalue weighted by Crippen LogP contribution is 2.61. The molecule has 0 radical (unpaired) electrons. The molecule has 0 aliphatic carbocycles. The molecule has 45 heavy (non-hydrogen) atoms. The van der Waals surface area contributed by atoms with E-state index in [0.717, 1.165) is 12.8 Å². The van der Waals surface area contributed by atoms with Gasteiger partial charge in [-0.25, -0.2) is 0 Å². The molecule has 3 aliphatic rings. The topological polar surface area (TPSA) is 99.6 Å².